The van der Waals surface area contributed by atoms with Gasteiger partial charge in [0.2, 0.25) is 0 Å². The fraction of sp³-hybridized carbons (Fsp3) is 0.400. The van der Waals surface area contributed by atoms with Crippen LogP contribution in [-0.2, 0) is 43.6 Å². The molecule has 208 valence electrons. The zero-order valence-electron chi connectivity index (χ0n) is 22.2. The minimum absolute atomic E-state index is 0.120. The second-order valence-corrected chi connectivity index (χ2v) is 11.4. The summed E-state index contributed by atoms with van der Waals surface area (Å²) in [7, 11) is -3.89. The number of rotatable bonds is 9. The summed E-state index contributed by atoms with van der Waals surface area (Å²) in [6, 6.07) is 29.5. The number of benzene rings is 3. The molecule has 3 aromatic carbocycles. The predicted octanol–water partition coefficient (Wildman–Crippen LogP) is 4.23. The Balaban J connectivity index is 1.58. The molecule has 9 heteroatoms. The zero-order valence-corrected chi connectivity index (χ0v) is 23.0. The van der Waals surface area contributed by atoms with Gasteiger partial charge >= 0.3 is 0 Å². The molecule has 0 spiro atoms. The van der Waals surface area contributed by atoms with Gasteiger partial charge in [0, 0.05) is 0 Å². The molecule has 2 aliphatic heterocycles. The summed E-state index contributed by atoms with van der Waals surface area (Å²) in [6.45, 7) is 3.71. The molecule has 6 unspecified atom stereocenters. The minimum Gasteiger partial charge on any atom is -0.358 e. The lowest BCUT2D eigenvalue weighted by Crippen LogP contribution is -2.61. The van der Waals surface area contributed by atoms with Crippen LogP contribution in [0.5, 0.6) is 0 Å². The lowest BCUT2D eigenvalue weighted by atomic mass is 9.80. The largest absolute Gasteiger partial charge is 0.358 e. The van der Waals surface area contributed by atoms with Gasteiger partial charge in [0.15, 0.2) is 12.6 Å². The van der Waals surface area contributed by atoms with E-state index in [1.165, 1.54) is 0 Å². The summed E-state index contributed by atoms with van der Waals surface area (Å²) in [5, 5.41) is 0. The highest BCUT2D eigenvalue weighted by atomic mass is 32.2. The molecule has 2 fully saturated rings. The lowest BCUT2D eigenvalue weighted by molar-refractivity contribution is -0.360. The Bertz CT molecular complexity index is 1210. The molecule has 2 heterocycles. The molecule has 6 atom stereocenters. The van der Waals surface area contributed by atoms with E-state index in [-0.39, 0.29) is 6.61 Å². The van der Waals surface area contributed by atoms with Crippen LogP contribution in [-0.4, -0.2) is 64.9 Å². The summed E-state index contributed by atoms with van der Waals surface area (Å²) >= 11 is 0. The van der Waals surface area contributed by atoms with Crippen molar-refractivity contribution in [3.8, 4) is 0 Å². The molecule has 8 nitrogen and oxygen atoms in total. The van der Waals surface area contributed by atoms with E-state index in [0.29, 0.717) is 6.61 Å². The molecule has 0 aromatic heterocycles. The Hall–Kier alpha value is -2.63. The van der Waals surface area contributed by atoms with Gasteiger partial charge in [-0.1, -0.05) is 91.0 Å². The van der Waals surface area contributed by atoms with Crippen molar-refractivity contribution in [2.24, 2.45) is 0 Å². The third-order valence-electron chi connectivity index (χ3n) is 6.92. The smallest absolute Gasteiger partial charge is 0.264 e. The van der Waals surface area contributed by atoms with Crippen LogP contribution in [0.4, 0.5) is 0 Å². The molecule has 39 heavy (non-hydrogen) atoms. The molecular formula is C30H34O8S. The summed E-state index contributed by atoms with van der Waals surface area (Å²) < 4.78 is 61.2. The van der Waals surface area contributed by atoms with Crippen LogP contribution in [0.3, 0.4) is 0 Å². The van der Waals surface area contributed by atoms with E-state index in [0.717, 1.165) is 22.9 Å². The van der Waals surface area contributed by atoms with Crippen molar-refractivity contribution < 1.29 is 36.3 Å². The van der Waals surface area contributed by atoms with E-state index in [4.69, 9.17) is 27.9 Å². The van der Waals surface area contributed by atoms with Crippen molar-refractivity contribution in [2.45, 2.75) is 56.4 Å². The summed E-state index contributed by atoms with van der Waals surface area (Å²) in [5.41, 5.74) is 1.59. The molecule has 0 amide bonds. The summed E-state index contributed by atoms with van der Waals surface area (Å²) in [6.07, 6.45) is -2.98. The van der Waals surface area contributed by atoms with E-state index in [1.807, 2.05) is 91.0 Å². The highest BCUT2D eigenvalue weighted by Gasteiger charge is 2.49. The third kappa shape index (κ3) is 6.25. The van der Waals surface area contributed by atoms with Crippen LogP contribution in [0.2, 0.25) is 0 Å². The Kier molecular flexibility index (Phi) is 8.49. The van der Waals surface area contributed by atoms with E-state index in [9.17, 15) is 8.42 Å². The van der Waals surface area contributed by atoms with Crippen molar-refractivity contribution >= 4 is 10.1 Å². The SMILES string of the molecule is CC1OCC2OC(C)OC(C(COC(c3ccccc3)(c3ccccc3)c3ccccc3)OS(C)(=O)=O)C2O1. The molecular weight excluding hydrogens is 520 g/mol. The van der Waals surface area contributed by atoms with Gasteiger partial charge in [0.1, 0.15) is 30.0 Å². The van der Waals surface area contributed by atoms with Crippen LogP contribution < -0.4 is 0 Å². The quantitative estimate of drug-likeness (QED) is 0.287. The average molecular weight is 555 g/mol. The zero-order chi connectivity index (χ0) is 27.5. The molecule has 0 aliphatic carbocycles. The second kappa shape index (κ2) is 11.9. The highest BCUT2D eigenvalue weighted by Crippen LogP contribution is 2.41. The van der Waals surface area contributed by atoms with Crippen LogP contribution in [0.1, 0.15) is 30.5 Å². The number of ether oxygens (including phenoxy) is 5. The first kappa shape index (κ1) is 27.9. The standard InChI is InChI=1S/C30H34O8S/c1-21-33-19-26-28(36-21)29(37-22(2)35-26)27(38-39(3,31)32)20-34-30(23-13-7-4-8-14-23,24-15-9-5-10-16-24)25-17-11-6-12-18-25/h4-18,21-22,26-29H,19-20H2,1-3H3. The number of hydrogen-bond acceptors (Lipinski definition) is 8. The Morgan fingerprint density at radius 3 is 1.79 bits per heavy atom. The molecule has 2 aliphatic rings. The maximum Gasteiger partial charge on any atom is 0.264 e. The van der Waals surface area contributed by atoms with Crippen molar-refractivity contribution in [3.63, 3.8) is 0 Å². The Morgan fingerprint density at radius 1 is 0.795 bits per heavy atom. The molecule has 0 bridgehead atoms. The molecule has 3 aromatic rings. The van der Waals surface area contributed by atoms with Crippen molar-refractivity contribution in [1.29, 1.82) is 0 Å². The first-order chi connectivity index (χ1) is 18.8. The molecule has 0 N–H and O–H groups in total. The van der Waals surface area contributed by atoms with Gasteiger partial charge in [-0.2, -0.15) is 8.42 Å². The molecule has 2 saturated heterocycles. The molecule has 5 rings (SSSR count). The topological polar surface area (TPSA) is 89.5 Å². The second-order valence-electron chi connectivity index (χ2n) is 9.77. The minimum atomic E-state index is -3.89. The van der Waals surface area contributed by atoms with Gasteiger partial charge < -0.3 is 23.7 Å². The fourth-order valence-corrected chi connectivity index (χ4v) is 5.95. The maximum atomic E-state index is 12.5. The molecule has 0 radical (unpaired) electrons. The van der Waals surface area contributed by atoms with E-state index >= 15 is 0 Å². The first-order valence-electron chi connectivity index (χ1n) is 13.0. The summed E-state index contributed by atoms with van der Waals surface area (Å²) in [4.78, 5) is 0. The lowest BCUT2D eigenvalue weighted by Gasteiger charge is -2.47. The van der Waals surface area contributed by atoms with Gasteiger partial charge in [-0.25, -0.2) is 0 Å². The fourth-order valence-electron chi connectivity index (χ4n) is 5.33. The van der Waals surface area contributed by atoms with Crippen molar-refractivity contribution in [1.82, 2.24) is 0 Å². The van der Waals surface area contributed by atoms with E-state index < -0.39 is 52.7 Å². The van der Waals surface area contributed by atoms with Crippen LogP contribution in [0, 0.1) is 0 Å². The van der Waals surface area contributed by atoms with Gasteiger partial charge in [-0.3, -0.25) is 4.18 Å². The maximum absolute atomic E-state index is 12.5. The van der Waals surface area contributed by atoms with Crippen molar-refractivity contribution in [3.05, 3.63) is 108 Å². The Morgan fingerprint density at radius 2 is 1.31 bits per heavy atom. The Labute approximate surface area is 229 Å². The number of hydrogen-bond donors (Lipinski definition) is 0. The van der Waals surface area contributed by atoms with Gasteiger partial charge in [0.25, 0.3) is 10.1 Å². The van der Waals surface area contributed by atoms with Crippen LogP contribution in [0.15, 0.2) is 91.0 Å². The monoisotopic (exact) mass is 554 g/mol. The van der Waals surface area contributed by atoms with Crippen LogP contribution >= 0.6 is 0 Å². The van der Waals surface area contributed by atoms with Crippen molar-refractivity contribution in [2.75, 3.05) is 19.5 Å². The normalized spacial score (nSPS) is 26.5. The first-order valence-corrected chi connectivity index (χ1v) is 14.8. The average Bonchev–Trinajstić information content (AvgIpc) is 2.94. The van der Waals surface area contributed by atoms with Gasteiger partial charge in [-0.05, 0) is 30.5 Å². The highest BCUT2D eigenvalue weighted by molar-refractivity contribution is 7.86. The van der Waals surface area contributed by atoms with E-state index in [2.05, 4.69) is 0 Å². The van der Waals surface area contributed by atoms with Gasteiger partial charge in [-0.15, -0.1) is 0 Å². The molecule has 0 saturated carbocycles. The summed E-state index contributed by atoms with van der Waals surface area (Å²) in [5.74, 6) is 0. The third-order valence-corrected chi connectivity index (χ3v) is 7.52. The number of fused-ring (bicyclic) bond motifs is 1. The van der Waals surface area contributed by atoms with E-state index in [1.54, 1.807) is 13.8 Å². The van der Waals surface area contributed by atoms with Gasteiger partial charge in [0.05, 0.1) is 19.5 Å². The van der Waals surface area contributed by atoms with Crippen LogP contribution in [0.25, 0.3) is 0 Å². The predicted molar refractivity (Wildman–Crippen MR) is 144 cm³/mol.